The first-order valence-electron chi connectivity index (χ1n) is 6.98. The molecule has 5 heteroatoms. The fourth-order valence-corrected chi connectivity index (χ4v) is 1.77. The molecular formula is C15H26IN3O. The van der Waals surface area contributed by atoms with Gasteiger partial charge in [-0.25, -0.2) is 0 Å². The number of rotatable bonds is 7. The fourth-order valence-electron chi connectivity index (χ4n) is 1.77. The van der Waals surface area contributed by atoms with Gasteiger partial charge in [0.15, 0.2) is 5.96 Å². The van der Waals surface area contributed by atoms with E-state index in [4.69, 9.17) is 0 Å². The van der Waals surface area contributed by atoms with E-state index < -0.39 is 0 Å². The predicted molar refractivity (Wildman–Crippen MR) is 96.1 cm³/mol. The smallest absolute Gasteiger partial charge is 0.190 e. The molecule has 114 valence electrons. The lowest BCUT2D eigenvalue weighted by atomic mass is 10.1. The molecule has 0 aliphatic rings. The first-order chi connectivity index (χ1) is 9.26. The zero-order valence-electron chi connectivity index (χ0n) is 12.4. The summed E-state index contributed by atoms with van der Waals surface area (Å²) in [4.78, 5) is 4.18. The number of hydrogen-bond donors (Lipinski definition) is 3. The number of halogens is 1. The molecule has 1 aromatic rings. The molecule has 1 aromatic carbocycles. The van der Waals surface area contributed by atoms with Crippen LogP contribution in [0.2, 0.25) is 0 Å². The molecule has 1 rings (SSSR count). The normalized spacial score (nSPS) is 10.8. The summed E-state index contributed by atoms with van der Waals surface area (Å²) in [6.45, 7) is 4.04. The van der Waals surface area contributed by atoms with Crippen molar-refractivity contribution < 1.29 is 5.11 Å². The zero-order valence-corrected chi connectivity index (χ0v) is 14.7. The van der Waals surface area contributed by atoms with Crippen LogP contribution in [0.3, 0.4) is 0 Å². The van der Waals surface area contributed by atoms with E-state index >= 15 is 0 Å². The molecule has 0 heterocycles. The van der Waals surface area contributed by atoms with E-state index in [0.717, 1.165) is 38.3 Å². The molecule has 0 aliphatic heterocycles. The van der Waals surface area contributed by atoms with Gasteiger partial charge in [0, 0.05) is 20.1 Å². The summed E-state index contributed by atoms with van der Waals surface area (Å²) >= 11 is 0. The van der Waals surface area contributed by atoms with Crippen LogP contribution in [0.4, 0.5) is 0 Å². The molecule has 20 heavy (non-hydrogen) atoms. The highest BCUT2D eigenvalue weighted by atomic mass is 127. The molecule has 0 atom stereocenters. The maximum Gasteiger partial charge on any atom is 0.190 e. The number of phenols is 1. The van der Waals surface area contributed by atoms with Crippen molar-refractivity contribution in [2.45, 2.75) is 32.6 Å². The average Bonchev–Trinajstić information content (AvgIpc) is 2.43. The quantitative estimate of drug-likeness (QED) is 0.290. The lowest BCUT2D eigenvalue weighted by molar-refractivity contribution is 0.475. The monoisotopic (exact) mass is 391 g/mol. The lowest BCUT2D eigenvalue weighted by Crippen LogP contribution is -2.38. The standard InChI is InChI=1S/C15H25N3O.HI/c1-3-4-11-17-15(16-2)18-12-5-6-13-7-9-14(19)10-8-13;/h7-10,19H,3-6,11-12H2,1-2H3,(H2,16,17,18);1H. The van der Waals surface area contributed by atoms with Crippen LogP contribution in [0.15, 0.2) is 29.3 Å². The molecule has 0 fully saturated rings. The minimum absolute atomic E-state index is 0. The van der Waals surface area contributed by atoms with E-state index in [2.05, 4.69) is 22.5 Å². The van der Waals surface area contributed by atoms with Gasteiger partial charge in [-0.2, -0.15) is 0 Å². The Morgan fingerprint density at radius 2 is 1.70 bits per heavy atom. The van der Waals surface area contributed by atoms with Crippen molar-refractivity contribution in [3.05, 3.63) is 29.8 Å². The molecule has 0 unspecified atom stereocenters. The molecule has 0 saturated carbocycles. The van der Waals surface area contributed by atoms with Crippen molar-refractivity contribution in [1.29, 1.82) is 0 Å². The molecule has 0 bridgehead atoms. The number of nitrogens with zero attached hydrogens (tertiary/aromatic N) is 1. The largest absolute Gasteiger partial charge is 0.508 e. The topological polar surface area (TPSA) is 56.7 Å². The van der Waals surface area contributed by atoms with Gasteiger partial charge in [0.1, 0.15) is 5.75 Å². The SMILES string of the molecule is CCCCNC(=NC)NCCCc1ccc(O)cc1.I. The minimum Gasteiger partial charge on any atom is -0.508 e. The summed E-state index contributed by atoms with van der Waals surface area (Å²) in [7, 11) is 1.79. The van der Waals surface area contributed by atoms with Crippen LogP contribution in [-0.2, 0) is 6.42 Å². The number of aromatic hydroxyl groups is 1. The van der Waals surface area contributed by atoms with Crippen molar-refractivity contribution >= 4 is 29.9 Å². The van der Waals surface area contributed by atoms with Crippen molar-refractivity contribution in [2.75, 3.05) is 20.1 Å². The van der Waals surface area contributed by atoms with Crippen molar-refractivity contribution in [3.8, 4) is 5.75 Å². The second-order valence-electron chi connectivity index (χ2n) is 4.55. The number of guanidine groups is 1. The van der Waals surface area contributed by atoms with E-state index in [0.29, 0.717) is 5.75 Å². The number of unbranched alkanes of at least 4 members (excludes halogenated alkanes) is 1. The predicted octanol–water partition coefficient (Wildman–Crippen LogP) is 2.91. The number of phenolic OH excluding ortho intramolecular Hbond substituents is 1. The van der Waals surface area contributed by atoms with Crippen molar-refractivity contribution in [2.24, 2.45) is 4.99 Å². The van der Waals surface area contributed by atoms with Gasteiger partial charge in [0.25, 0.3) is 0 Å². The van der Waals surface area contributed by atoms with Crippen LogP contribution >= 0.6 is 24.0 Å². The Kier molecular flexibility index (Phi) is 11.2. The molecule has 0 aliphatic carbocycles. The second-order valence-corrected chi connectivity index (χ2v) is 4.55. The molecular weight excluding hydrogens is 365 g/mol. The Balaban J connectivity index is 0.00000361. The highest BCUT2D eigenvalue weighted by Crippen LogP contribution is 2.10. The number of aryl methyl sites for hydroxylation is 1. The molecule has 0 spiro atoms. The van der Waals surface area contributed by atoms with Crippen molar-refractivity contribution in [3.63, 3.8) is 0 Å². The molecule has 0 radical (unpaired) electrons. The van der Waals surface area contributed by atoms with Gasteiger partial charge >= 0.3 is 0 Å². The Labute approximate surface area is 139 Å². The van der Waals surface area contributed by atoms with Gasteiger partial charge < -0.3 is 15.7 Å². The number of benzene rings is 1. The maximum atomic E-state index is 9.20. The van der Waals surface area contributed by atoms with Crippen LogP contribution in [0, 0.1) is 0 Å². The lowest BCUT2D eigenvalue weighted by Gasteiger charge is -2.11. The highest BCUT2D eigenvalue weighted by molar-refractivity contribution is 14.0. The van der Waals surface area contributed by atoms with E-state index in [-0.39, 0.29) is 24.0 Å². The third-order valence-corrected chi connectivity index (χ3v) is 2.92. The van der Waals surface area contributed by atoms with Crippen LogP contribution in [0.5, 0.6) is 5.75 Å². The van der Waals surface area contributed by atoms with E-state index in [1.165, 1.54) is 12.0 Å². The summed E-state index contributed by atoms with van der Waals surface area (Å²) in [5.74, 6) is 1.20. The van der Waals surface area contributed by atoms with Gasteiger partial charge in [-0.05, 0) is 37.0 Å². The summed E-state index contributed by atoms with van der Waals surface area (Å²) in [6.07, 6.45) is 4.39. The summed E-state index contributed by atoms with van der Waals surface area (Å²) in [5.41, 5.74) is 1.24. The first kappa shape index (κ1) is 19.0. The Morgan fingerprint density at radius 3 is 2.25 bits per heavy atom. The van der Waals surface area contributed by atoms with E-state index in [9.17, 15) is 5.11 Å². The highest BCUT2D eigenvalue weighted by Gasteiger charge is 1.97. The zero-order chi connectivity index (χ0) is 13.9. The number of nitrogens with one attached hydrogen (secondary N) is 2. The number of hydrogen-bond acceptors (Lipinski definition) is 2. The number of aliphatic imine (C=N–C) groups is 1. The third kappa shape index (κ3) is 8.24. The van der Waals surface area contributed by atoms with Gasteiger partial charge in [-0.15, -0.1) is 24.0 Å². The van der Waals surface area contributed by atoms with Gasteiger partial charge in [-0.3, -0.25) is 4.99 Å². The molecule has 0 amide bonds. The third-order valence-electron chi connectivity index (χ3n) is 2.92. The van der Waals surface area contributed by atoms with E-state index in [1.54, 1.807) is 19.2 Å². The minimum atomic E-state index is 0. The molecule has 0 aromatic heterocycles. The van der Waals surface area contributed by atoms with Gasteiger partial charge in [-0.1, -0.05) is 25.5 Å². The van der Waals surface area contributed by atoms with Crippen LogP contribution in [-0.4, -0.2) is 31.2 Å². The molecule has 3 N–H and O–H groups in total. The van der Waals surface area contributed by atoms with Crippen LogP contribution < -0.4 is 10.6 Å². The average molecular weight is 391 g/mol. The maximum absolute atomic E-state index is 9.20. The Morgan fingerprint density at radius 1 is 1.10 bits per heavy atom. The summed E-state index contributed by atoms with van der Waals surface area (Å²) in [5, 5.41) is 15.8. The van der Waals surface area contributed by atoms with Gasteiger partial charge in [0.05, 0.1) is 0 Å². The molecule has 0 saturated heterocycles. The summed E-state index contributed by atoms with van der Waals surface area (Å²) < 4.78 is 0. The molecule has 4 nitrogen and oxygen atoms in total. The van der Waals surface area contributed by atoms with Gasteiger partial charge in [0.2, 0.25) is 0 Å². The van der Waals surface area contributed by atoms with Crippen LogP contribution in [0.25, 0.3) is 0 Å². The Hall–Kier alpha value is -0.980. The fraction of sp³-hybridized carbons (Fsp3) is 0.533. The van der Waals surface area contributed by atoms with E-state index in [1.807, 2.05) is 12.1 Å². The Bertz CT molecular complexity index is 379. The summed E-state index contributed by atoms with van der Waals surface area (Å²) in [6, 6.07) is 7.38. The first-order valence-corrected chi connectivity index (χ1v) is 6.98. The van der Waals surface area contributed by atoms with Crippen LogP contribution in [0.1, 0.15) is 31.7 Å². The second kappa shape index (κ2) is 11.8. The van der Waals surface area contributed by atoms with Crippen molar-refractivity contribution in [1.82, 2.24) is 10.6 Å².